The summed E-state index contributed by atoms with van der Waals surface area (Å²) in [4.78, 5) is 29.6. The van der Waals surface area contributed by atoms with Gasteiger partial charge in [-0.2, -0.15) is 0 Å². The van der Waals surface area contributed by atoms with E-state index in [4.69, 9.17) is 14.6 Å². The first-order valence-electron chi connectivity index (χ1n) is 6.31. The number of nitrogens with zero attached hydrogens (tertiary/aromatic N) is 1. The number of nitrogens with one attached hydrogen (secondary N) is 1. The first kappa shape index (κ1) is 13.2. The highest BCUT2D eigenvalue weighted by atomic mass is 16.6. The monoisotopic (exact) mass is 288 g/mol. The first-order valence-corrected chi connectivity index (χ1v) is 6.31. The van der Waals surface area contributed by atoms with Gasteiger partial charge in [0.15, 0.2) is 11.5 Å². The number of hydrogen-bond acceptors (Lipinski definition) is 5. The van der Waals surface area contributed by atoms with Crippen LogP contribution < -0.4 is 15.0 Å². The van der Waals surface area contributed by atoms with Crippen LogP contribution >= 0.6 is 0 Å². The van der Waals surface area contributed by atoms with Crippen LogP contribution in [0.4, 0.5) is 0 Å². The number of ether oxygens (including phenoxy) is 2. The number of rotatable bonds is 2. The highest BCUT2D eigenvalue weighted by Gasteiger charge is 2.21. The van der Waals surface area contributed by atoms with Crippen molar-refractivity contribution >= 4 is 5.97 Å². The third-order valence-electron chi connectivity index (χ3n) is 3.14. The summed E-state index contributed by atoms with van der Waals surface area (Å²) >= 11 is 0. The van der Waals surface area contributed by atoms with Crippen molar-refractivity contribution in [2.24, 2.45) is 0 Å². The summed E-state index contributed by atoms with van der Waals surface area (Å²) < 4.78 is 11.0. The molecule has 7 nitrogen and oxygen atoms in total. The number of benzene rings is 1. The molecule has 1 aromatic heterocycles. The summed E-state index contributed by atoms with van der Waals surface area (Å²) in [6.07, 6.45) is 0. The van der Waals surface area contributed by atoms with Crippen molar-refractivity contribution < 1.29 is 19.4 Å². The maximum atomic E-state index is 11.9. The number of carboxylic acid groups (broad SMARTS) is 1. The van der Waals surface area contributed by atoms with Crippen LogP contribution in [0.1, 0.15) is 16.1 Å². The Kier molecular flexibility index (Phi) is 3.09. The van der Waals surface area contributed by atoms with Crippen LogP contribution in [0.25, 0.3) is 11.4 Å². The Morgan fingerprint density at radius 1 is 1.33 bits per heavy atom. The van der Waals surface area contributed by atoms with E-state index in [9.17, 15) is 9.59 Å². The average molecular weight is 288 g/mol. The summed E-state index contributed by atoms with van der Waals surface area (Å²) in [7, 11) is 0. The lowest BCUT2D eigenvalue weighted by Crippen LogP contribution is -2.22. The Balaban J connectivity index is 2.18. The molecule has 0 amide bonds. The molecule has 2 N–H and O–H groups in total. The summed E-state index contributed by atoms with van der Waals surface area (Å²) in [5.41, 5.74) is -0.347. The van der Waals surface area contributed by atoms with Crippen molar-refractivity contribution in [3.63, 3.8) is 0 Å². The molecule has 0 saturated carbocycles. The van der Waals surface area contributed by atoms with Gasteiger partial charge in [-0.05, 0) is 19.1 Å². The number of H-pyrrole nitrogens is 1. The topological polar surface area (TPSA) is 102 Å². The summed E-state index contributed by atoms with van der Waals surface area (Å²) in [6.45, 7) is 2.34. The summed E-state index contributed by atoms with van der Waals surface area (Å²) in [5, 5.41) is 9.00. The molecular weight excluding hydrogens is 276 g/mol. The molecule has 1 aromatic carbocycles. The van der Waals surface area contributed by atoms with E-state index in [0.717, 1.165) is 0 Å². The molecule has 0 fully saturated rings. The van der Waals surface area contributed by atoms with Gasteiger partial charge in [0.1, 0.15) is 24.6 Å². The standard InChI is InChI=1S/C14H12N2O5/c1-7-10(14(18)19)13(17)16-12(15-7)8-3-2-4-9-11(8)21-6-5-20-9/h2-4H,5-6H2,1H3,(H,18,19)(H,15,16,17). The number of hydrogen-bond donors (Lipinski definition) is 2. The van der Waals surface area contributed by atoms with Crippen LogP contribution in [0, 0.1) is 6.92 Å². The van der Waals surface area contributed by atoms with Gasteiger partial charge >= 0.3 is 5.97 Å². The summed E-state index contributed by atoms with van der Waals surface area (Å²) in [6, 6.07) is 5.24. The van der Waals surface area contributed by atoms with Crippen molar-refractivity contribution in [1.29, 1.82) is 0 Å². The summed E-state index contributed by atoms with van der Waals surface area (Å²) in [5.74, 6) is 0.0167. The van der Waals surface area contributed by atoms with E-state index in [1.165, 1.54) is 6.92 Å². The fourth-order valence-corrected chi connectivity index (χ4v) is 2.23. The lowest BCUT2D eigenvalue weighted by atomic mass is 10.1. The number of carboxylic acids is 1. The first-order chi connectivity index (χ1) is 10.1. The molecule has 0 bridgehead atoms. The maximum Gasteiger partial charge on any atom is 0.343 e. The van der Waals surface area contributed by atoms with Crippen molar-refractivity contribution in [2.75, 3.05) is 13.2 Å². The normalized spacial score (nSPS) is 13.0. The molecule has 0 aliphatic carbocycles. The number of aromatic nitrogens is 2. The zero-order chi connectivity index (χ0) is 15.0. The van der Waals surface area contributed by atoms with Crippen LogP contribution in [0.5, 0.6) is 11.5 Å². The second kappa shape index (κ2) is 4.93. The molecular formula is C14H12N2O5. The predicted molar refractivity (Wildman–Crippen MR) is 73.0 cm³/mol. The van der Waals surface area contributed by atoms with E-state index in [-0.39, 0.29) is 17.1 Å². The third kappa shape index (κ3) is 2.22. The van der Waals surface area contributed by atoms with Gasteiger partial charge in [0.25, 0.3) is 5.56 Å². The second-order valence-electron chi connectivity index (χ2n) is 4.51. The van der Waals surface area contributed by atoms with Crippen molar-refractivity contribution in [1.82, 2.24) is 9.97 Å². The Labute approximate surface area is 119 Å². The van der Waals surface area contributed by atoms with Crippen LogP contribution in [0.3, 0.4) is 0 Å². The minimum atomic E-state index is -1.30. The minimum absolute atomic E-state index is 0.149. The van der Waals surface area contributed by atoms with Crippen LogP contribution in [0.2, 0.25) is 0 Å². The lowest BCUT2D eigenvalue weighted by molar-refractivity contribution is 0.0693. The molecule has 7 heteroatoms. The fourth-order valence-electron chi connectivity index (χ4n) is 2.23. The minimum Gasteiger partial charge on any atom is -0.486 e. The molecule has 0 saturated heterocycles. The number of para-hydroxylation sites is 1. The maximum absolute atomic E-state index is 11.9. The Bertz CT molecular complexity index is 781. The quantitative estimate of drug-likeness (QED) is 0.861. The zero-order valence-electron chi connectivity index (χ0n) is 11.2. The molecule has 1 aliphatic rings. The average Bonchev–Trinajstić information content (AvgIpc) is 2.45. The molecule has 0 radical (unpaired) electrons. The van der Waals surface area contributed by atoms with Gasteiger partial charge in [0, 0.05) is 0 Å². The Morgan fingerprint density at radius 3 is 2.81 bits per heavy atom. The van der Waals surface area contributed by atoms with E-state index in [2.05, 4.69) is 9.97 Å². The predicted octanol–water partition coefficient (Wildman–Crippen LogP) is 1.21. The molecule has 1 aliphatic heterocycles. The van der Waals surface area contributed by atoms with Crippen LogP contribution in [0.15, 0.2) is 23.0 Å². The van der Waals surface area contributed by atoms with Gasteiger partial charge in [-0.3, -0.25) is 4.79 Å². The molecule has 3 rings (SSSR count). The van der Waals surface area contributed by atoms with Gasteiger partial charge in [-0.15, -0.1) is 0 Å². The lowest BCUT2D eigenvalue weighted by Gasteiger charge is -2.20. The van der Waals surface area contributed by atoms with E-state index >= 15 is 0 Å². The smallest absolute Gasteiger partial charge is 0.343 e. The SMILES string of the molecule is Cc1nc(-c2cccc3c2OCCO3)[nH]c(=O)c1C(=O)O. The zero-order valence-corrected chi connectivity index (χ0v) is 11.2. The number of aromatic carboxylic acids is 1. The molecule has 2 heterocycles. The van der Waals surface area contributed by atoms with Gasteiger partial charge in [0.05, 0.1) is 11.3 Å². The van der Waals surface area contributed by atoms with Crippen molar-refractivity contribution in [2.45, 2.75) is 6.92 Å². The van der Waals surface area contributed by atoms with Gasteiger partial charge in [-0.25, -0.2) is 9.78 Å². The molecule has 2 aromatic rings. The Morgan fingerprint density at radius 2 is 2.10 bits per heavy atom. The van der Waals surface area contributed by atoms with Gasteiger partial charge < -0.3 is 19.6 Å². The fraction of sp³-hybridized carbons (Fsp3) is 0.214. The van der Waals surface area contributed by atoms with E-state index in [1.54, 1.807) is 18.2 Å². The highest BCUT2D eigenvalue weighted by Crippen LogP contribution is 2.38. The molecule has 108 valence electrons. The molecule has 0 unspecified atom stereocenters. The number of carbonyl (C=O) groups is 1. The molecule has 0 atom stereocenters. The number of aromatic amines is 1. The van der Waals surface area contributed by atoms with Crippen LogP contribution in [-0.4, -0.2) is 34.3 Å². The largest absolute Gasteiger partial charge is 0.486 e. The van der Waals surface area contributed by atoms with Crippen molar-refractivity contribution in [3.8, 4) is 22.9 Å². The van der Waals surface area contributed by atoms with E-state index < -0.39 is 11.5 Å². The highest BCUT2D eigenvalue weighted by molar-refractivity contribution is 5.88. The van der Waals surface area contributed by atoms with Crippen LogP contribution in [-0.2, 0) is 0 Å². The number of fused-ring (bicyclic) bond motifs is 1. The molecule has 21 heavy (non-hydrogen) atoms. The Hall–Kier alpha value is -2.83. The van der Waals surface area contributed by atoms with Gasteiger partial charge in [-0.1, -0.05) is 6.07 Å². The van der Waals surface area contributed by atoms with Crippen molar-refractivity contribution in [3.05, 3.63) is 39.8 Å². The number of aryl methyl sites for hydroxylation is 1. The molecule has 0 spiro atoms. The van der Waals surface area contributed by atoms with E-state index in [0.29, 0.717) is 30.3 Å². The third-order valence-corrected chi connectivity index (χ3v) is 3.14. The second-order valence-corrected chi connectivity index (χ2v) is 4.51. The van der Waals surface area contributed by atoms with E-state index in [1.807, 2.05) is 0 Å². The van der Waals surface area contributed by atoms with Gasteiger partial charge in [0.2, 0.25) is 0 Å².